The van der Waals surface area contributed by atoms with Gasteiger partial charge >= 0.3 is 6.18 Å². The molecule has 0 radical (unpaired) electrons. The zero-order valence-electron chi connectivity index (χ0n) is 22.9. The molecule has 4 rings (SSSR count). The van der Waals surface area contributed by atoms with Crippen LogP contribution in [0.25, 0.3) is 0 Å². The second-order valence-electron chi connectivity index (χ2n) is 10.2. The van der Waals surface area contributed by atoms with Gasteiger partial charge in [-0.1, -0.05) is 13.0 Å². The van der Waals surface area contributed by atoms with E-state index in [1.807, 2.05) is 0 Å². The molecule has 2 saturated heterocycles. The standard InChI is InChI=1S/C27H31F5N4O5/c1-14-20(17-5-6-18(28)21(29)22(17)40-4)23(41-26(14,2)27(30,31)32)24(37)35-15-7-8-34-19(11-15)25(38)36-10-9-33-16(12-36)13-39-3/h5-8,11,14,16,20,23,33H,9-10,12-13H2,1-4H3,(H,34,35,37)/t14-,16+,20-,23+,26+/m0/s1. The van der Waals surface area contributed by atoms with Crippen molar-refractivity contribution in [2.75, 3.05) is 45.8 Å². The average Bonchev–Trinajstić information content (AvgIpc) is 3.21. The van der Waals surface area contributed by atoms with Crippen LogP contribution in [0.15, 0.2) is 30.5 Å². The van der Waals surface area contributed by atoms with E-state index in [2.05, 4.69) is 15.6 Å². The topological polar surface area (TPSA) is 102 Å². The van der Waals surface area contributed by atoms with Crippen molar-refractivity contribution in [3.8, 4) is 5.75 Å². The highest BCUT2D eigenvalue weighted by molar-refractivity contribution is 5.98. The molecule has 41 heavy (non-hydrogen) atoms. The van der Waals surface area contributed by atoms with Crippen LogP contribution >= 0.6 is 0 Å². The normalized spacial score (nSPS) is 26.6. The minimum Gasteiger partial charge on any atom is -0.493 e. The van der Waals surface area contributed by atoms with Crippen molar-refractivity contribution < 1.29 is 45.8 Å². The van der Waals surface area contributed by atoms with E-state index in [9.17, 15) is 31.5 Å². The first-order valence-electron chi connectivity index (χ1n) is 12.9. The van der Waals surface area contributed by atoms with Gasteiger partial charge in [0.15, 0.2) is 17.2 Å². The molecule has 224 valence electrons. The summed E-state index contributed by atoms with van der Waals surface area (Å²) in [5, 5.41) is 5.74. The van der Waals surface area contributed by atoms with Gasteiger partial charge in [0, 0.05) is 62.1 Å². The van der Waals surface area contributed by atoms with Crippen molar-refractivity contribution in [2.45, 2.75) is 43.7 Å². The van der Waals surface area contributed by atoms with Crippen LogP contribution in [-0.2, 0) is 14.3 Å². The zero-order chi connectivity index (χ0) is 30.1. The van der Waals surface area contributed by atoms with Crippen molar-refractivity contribution in [1.82, 2.24) is 15.2 Å². The van der Waals surface area contributed by atoms with Crippen LogP contribution in [-0.4, -0.2) is 86.1 Å². The molecule has 2 N–H and O–H groups in total. The predicted octanol–water partition coefficient (Wildman–Crippen LogP) is 3.51. The van der Waals surface area contributed by atoms with Crippen LogP contribution in [0, 0.1) is 17.6 Å². The number of aromatic nitrogens is 1. The number of hydrogen-bond acceptors (Lipinski definition) is 7. The Labute approximate surface area is 233 Å². The summed E-state index contributed by atoms with van der Waals surface area (Å²) in [6, 6.07) is 4.44. The molecular weight excluding hydrogens is 555 g/mol. The number of alkyl halides is 3. The monoisotopic (exact) mass is 586 g/mol. The predicted molar refractivity (Wildman–Crippen MR) is 137 cm³/mol. The number of hydrogen-bond donors (Lipinski definition) is 2. The number of rotatable bonds is 7. The SMILES string of the molecule is COC[C@H]1CN(C(=O)c2cc(NC(=O)[C@@H]3O[C@@](C)(C(F)(F)F)[C@@H](C)[C@H]3c3ccc(F)c(F)c3OC)ccn2)CCN1. The Morgan fingerprint density at radius 1 is 1.24 bits per heavy atom. The Morgan fingerprint density at radius 3 is 2.63 bits per heavy atom. The van der Waals surface area contributed by atoms with Crippen LogP contribution in [0.2, 0.25) is 0 Å². The Balaban J connectivity index is 1.62. The summed E-state index contributed by atoms with van der Waals surface area (Å²) in [4.78, 5) is 32.2. The van der Waals surface area contributed by atoms with Gasteiger partial charge in [-0.15, -0.1) is 0 Å². The van der Waals surface area contributed by atoms with E-state index < -0.39 is 58.9 Å². The van der Waals surface area contributed by atoms with Crippen LogP contribution in [0.1, 0.15) is 35.8 Å². The van der Waals surface area contributed by atoms with Crippen molar-refractivity contribution >= 4 is 17.5 Å². The lowest BCUT2D eigenvalue weighted by molar-refractivity contribution is -0.272. The second-order valence-corrected chi connectivity index (χ2v) is 10.2. The number of benzene rings is 1. The summed E-state index contributed by atoms with van der Waals surface area (Å²) in [6.45, 7) is 3.75. The quantitative estimate of drug-likeness (QED) is 0.479. The Kier molecular flexibility index (Phi) is 8.85. The minimum atomic E-state index is -4.90. The third kappa shape index (κ3) is 5.86. The lowest BCUT2D eigenvalue weighted by Gasteiger charge is -2.33. The highest BCUT2D eigenvalue weighted by Crippen LogP contribution is 2.55. The number of nitrogens with zero attached hydrogens (tertiary/aromatic N) is 2. The molecule has 2 aromatic rings. The van der Waals surface area contributed by atoms with Crippen molar-refractivity contribution in [3.05, 3.63) is 53.4 Å². The molecule has 2 fully saturated rings. The summed E-state index contributed by atoms with van der Waals surface area (Å²) in [7, 11) is 2.60. The number of anilines is 1. The first kappa shape index (κ1) is 30.6. The Bertz CT molecular complexity index is 1290. The third-order valence-corrected chi connectivity index (χ3v) is 7.73. The third-order valence-electron chi connectivity index (χ3n) is 7.73. The summed E-state index contributed by atoms with van der Waals surface area (Å²) in [6.07, 6.45) is -5.39. The second kappa shape index (κ2) is 11.9. The van der Waals surface area contributed by atoms with Crippen LogP contribution in [0.3, 0.4) is 0 Å². The van der Waals surface area contributed by atoms with Gasteiger partial charge in [0.1, 0.15) is 11.8 Å². The van der Waals surface area contributed by atoms with Gasteiger partial charge in [0.2, 0.25) is 5.82 Å². The first-order valence-corrected chi connectivity index (χ1v) is 12.9. The largest absolute Gasteiger partial charge is 0.493 e. The summed E-state index contributed by atoms with van der Waals surface area (Å²) < 4.78 is 86.6. The number of carbonyl (C=O) groups excluding carboxylic acids is 2. The number of amides is 2. The van der Waals surface area contributed by atoms with Gasteiger partial charge in [-0.25, -0.2) is 4.39 Å². The van der Waals surface area contributed by atoms with Crippen LogP contribution < -0.4 is 15.4 Å². The highest BCUT2D eigenvalue weighted by atomic mass is 19.4. The van der Waals surface area contributed by atoms with Crippen LogP contribution in [0.5, 0.6) is 5.75 Å². The molecule has 0 spiro atoms. The fraction of sp³-hybridized carbons (Fsp3) is 0.519. The summed E-state index contributed by atoms with van der Waals surface area (Å²) in [5.41, 5.74) is -2.84. The molecular formula is C27H31F5N4O5. The molecule has 0 aliphatic carbocycles. The molecule has 2 aliphatic heterocycles. The number of piperazine rings is 1. The molecule has 14 heteroatoms. The average molecular weight is 587 g/mol. The zero-order valence-corrected chi connectivity index (χ0v) is 22.9. The number of nitrogens with one attached hydrogen (secondary N) is 2. The van der Waals surface area contributed by atoms with Gasteiger partial charge in [0.05, 0.1) is 13.7 Å². The fourth-order valence-corrected chi connectivity index (χ4v) is 5.36. The molecule has 0 unspecified atom stereocenters. The van der Waals surface area contributed by atoms with E-state index in [4.69, 9.17) is 14.2 Å². The maximum Gasteiger partial charge on any atom is 0.417 e. The molecule has 3 heterocycles. The highest BCUT2D eigenvalue weighted by Gasteiger charge is 2.66. The van der Waals surface area contributed by atoms with E-state index in [-0.39, 0.29) is 23.0 Å². The van der Waals surface area contributed by atoms with Crippen molar-refractivity contribution in [2.24, 2.45) is 5.92 Å². The fourth-order valence-electron chi connectivity index (χ4n) is 5.36. The van der Waals surface area contributed by atoms with E-state index in [1.165, 1.54) is 25.3 Å². The van der Waals surface area contributed by atoms with Gasteiger partial charge in [-0.05, 0) is 25.1 Å². The molecule has 2 amide bonds. The lowest BCUT2D eigenvalue weighted by atomic mass is 9.77. The number of methoxy groups -OCH3 is 2. The maximum absolute atomic E-state index is 14.6. The molecule has 5 atom stereocenters. The number of halogens is 5. The van der Waals surface area contributed by atoms with E-state index in [0.717, 1.165) is 26.2 Å². The first-order chi connectivity index (χ1) is 19.3. The van der Waals surface area contributed by atoms with E-state index in [0.29, 0.717) is 26.2 Å². The Morgan fingerprint density at radius 2 is 1.98 bits per heavy atom. The lowest BCUT2D eigenvalue weighted by Crippen LogP contribution is -2.54. The van der Waals surface area contributed by atoms with Gasteiger partial charge in [-0.3, -0.25) is 14.6 Å². The molecule has 9 nitrogen and oxygen atoms in total. The van der Waals surface area contributed by atoms with Gasteiger partial charge < -0.3 is 29.7 Å². The van der Waals surface area contributed by atoms with Crippen LogP contribution in [0.4, 0.5) is 27.6 Å². The van der Waals surface area contributed by atoms with Gasteiger partial charge in [0.25, 0.3) is 11.8 Å². The maximum atomic E-state index is 14.6. The molecule has 1 aromatic heterocycles. The van der Waals surface area contributed by atoms with E-state index >= 15 is 0 Å². The smallest absolute Gasteiger partial charge is 0.417 e. The summed E-state index contributed by atoms with van der Waals surface area (Å²) >= 11 is 0. The molecule has 2 aliphatic rings. The van der Waals surface area contributed by atoms with Crippen molar-refractivity contribution in [3.63, 3.8) is 0 Å². The number of ether oxygens (including phenoxy) is 3. The molecule has 1 aromatic carbocycles. The number of pyridine rings is 1. The number of carbonyl (C=O) groups is 2. The minimum absolute atomic E-state index is 0.0144. The Hall–Kier alpha value is -3.36. The van der Waals surface area contributed by atoms with E-state index in [1.54, 1.807) is 12.0 Å². The summed E-state index contributed by atoms with van der Waals surface area (Å²) in [5.74, 6) is -7.42. The molecule has 0 saturated carbocycles. The van der Waals surface area contributed by atoms with Crippen molar-refractivity contribution in [1.29, 1.82) is 0 Å². The molecule has 0 bridgehead atoms. The van der Waals surface area contributed by atoms with Gasteiger partial charge in [-0.2, -0.15) is 17.6 Å².